The van der Waals surface area contributed by atoms with E-state index in [0.29, 0.717) is 12.0 Å². The Hall–Kier alpha value is -4.93. The maximum atomic E-state index is 13.6. The fraction of sp³-hybridized carbons (Fsp3) is 0.649. The van der Waals surface area contributed by atoms with Crippen molar-refractivity contribution in [3.05, 3.63) is 35.9 Å². The molecule has 1 aromatic carbocycles. The van der Waals surface area contributed by atoms with Crippen LogP contribution in [0.15, 0.2) is 30.3 Å². The van der Waals surface area contributed by atoms with Crippen LogP contribution in [0.2, 0.25) is 0 Å². The molecule has 0 bridgehead atoms. The molecule has 0 saturated carbocycles. The lowest BCUT2D eigenvalue weighted by molar-refractivity contribution is -0.150. The molecule has 0 radical (unpaired) electrons. The van der Waals surface area contributed by atoms with E-state index in [9.17, 15) is 38.7 Å². The van der Waals surface area contributed by atoms with Gasteiger partial charge in [-0.15, -0.1) is 0 Å². The quantitative estimate of drug-likeness (QED) is 0.0830. The molecule has 54 heavy (non-hydrogen) atoms. The fourth-order valence-corrected chi connectivity index (χ4v) is 4.58. The Morgan fingerprint density at radius 2 is 1.33 bits per heavy atom. The smallest absolute Gasteiger partial charge is 0.407 e. The van der Waals surface area contributed by atoms with Gasteiger partial charge in [-0.2, -0.15) is 0 Å². The summed E-state index contributed by atoms with van der Waals surface area (Å²) in [7, 11) is 0. The highest BCUT2D eigenvalue weighted by Crippen LogP contribution is 2.09. The topological polar surface area (TPSA) is 237 Å². The molecule has 6 N–H and O–H groups in total. The Balaban J connectivity index is 3.15. The summed E-state index contributed by atoms with van der Waals surface area (Å²) in [6.07, 6.45) is -2.81. The van der Waals surface area contributed by atoms with Crippen molar-refractivity contribution >= 4 is 41.8 Å². The van der Waals surface area contributed by atoms with Crippen molar-refractivity contribution in [2.24, 2.45) is 0 Å². The number of hydrogen-bond donors (Lipinski definition) is 6. The number of amides is 5. The third-order valence-corrected chi connectivity index (χ3v) is 7.07. The molecule has 0 aliphatic rings. The minimum atomic E-state index is -1.67. The lowest BCUT2D eigenvalue weighted by atomic mass is 10.1. The first kappa shape index (κ1) is 47.1. The normalized spacial score (nSPS) is 14.1. The third kappa shape index (κ3) is 20.9. The van der Waals surface area contributed by atoms with Gasteiger partial charge in [-0.25, -0.2) is 14.4 Å². The molecule has 0 aliphatic heterocycles. The van der Waals surface area contributed by atoms with Gasteiger partial charge in [0, 0.05) is 13.0 Å². The summed E-state index contributed by atoms with van der Waals surface area (Å²) in [5.74, 6) is -4.17. The van der Waals surface area contributed by atoms with Crippen molar-refractivity contribution in [1.29, 1.82) is 0 Å². The largest absolute Gasteiger partial charge is 0.463 e. The molecule has 304 valence electrons. The molecule has 0 aromatic heterocycles. The Labute approximate surface area is 317 Å². The number of hydrogen-bond acceptors (Lipinski definition) is 12. The van der Waals surface area contributed by atoms with Gasteiger partial charge in [0.2, 0.25) is 17.7 Å². The molecule has 5 amide bonds. The van der Waals surface area contributed by atoms with Crippen molar-refractivity contribution < 1.29 is 57.6 Å². The monoisotopic (exact) mass is 765 g/mol. The molecule has 0 fully saturated rings. The molecule has 0 aliphatic carbocycles. The number of rotatable bonds is 20. The van der Waals surface area contributed by atoms with Crippen molar-refractivity contribution in [3.63, 3.8) is 0 Å². The van der Waals surface area contributed by atoms with E-state index < -0.39 is 83.8 Å². The molecule has 2 unspecified atom stereocenters. The molecule has 17 heteroatoms. The van der Waals surface area contributed by atoms with Gasteiger partial charge >= 0.3 is 24.1 Å². The first-order valence-corrected chi connectivity index (χ1v) is 18.0. The summed E-state index contributed by atoms with van der Waals surface area (Å²) in [6, 6.07) is 4.19. The van der Waals surface area contributed by atoms with Gasteiger partial charge in [-0.3, -0.25) is 19.2 Å². The third-order valence-electron chi connectivity index (χ3n) is 7.07. The molecule has 5 atom stereocenters. The summed E-state index contributed by atoms with van der Waals surface area (Å²) in [4.78, 5) is 89.9. The molecule has 1 aromatic rings. The number of carbonyl (C=O) groups excluding carboxylic acids is 7. The fourth-order valence-electron chi connectivity index (χ4n) is 4.58. The zero-order chi connectivity index (χ0) is 41.1. The van der Waals surface area contributed by atoms with E-state index in [1.165, 1.54) is 6.92 Å². The molecule has 0 heterocycles. The van der Waals surface area contributed by atoms with E-state index in [4.69, 9.17) is 18.9 Å². The Kier molecular flexibility index (Phi) is 20.0. The number of nitrogens with one attached hydrogen (secondary N) is 5. The van der Waals surface area contributed by atoms with Crippen LogP contribution in [0.5, 0.6) is 0 Å². The average Bonchev–Trinajstić information content (AvgIpc) is 3.05. The van der Waals surface area contributed by atoms with Crippen LogP contribution in [0.4, 0.5) is 9.59 Å². The summed E-state index contributed by atoms with van der Waals surface area (Å²) in [6.45, 7) is 14.0. The van der Waals surface area contributed by atoms with Crippen LogP contribution < -0.4 is 26.6 Å². The number of ether oxygens (including phenoxy) is 4. The van der Waals surface area contributed by atoms with E-state index in [-0.39, 0.29) is 38.5 Å². The van der Waals surface area contributed by atoms with Gasteiger partial charge < -0.3 is 50.6 Å². The second kappa shape index (κ2) is 23.0. The first-order valence-electron chi connectivity index (χ1n) is 18.0. The SMILES string of the molecule is CCCC(C)OC(=O)CCC(=O)N[C@@H](CCNC(=O)OC(C)(C)C)C(=O)N[C@H](C(=O)N[C@@H](CNC(=O)OC(C)(C)C)C(=O)OCc1ccccc1)C(C)O. The van der Waals surface area contributed by atoms with Gasteiger partial charge in [0.1, 0.15) is 35.9 Å². The van der Waals surface area contributed by atoms with Crippen LogP contribution in [-0.2, 0) is 49.5 Å². The van der Waals surface area contributed by atoms with Crippen molar-refractivity contribution in [3.8, 4) is 0 Å². The molecule has 0 spiro atoms. The Bertz CT molecular complexity index is 1390. The molecular formula is C37H59N5O12. The zero-order valence-electron chi connectivity index (χ0n) is 32.9. The standard InChI is InChI=1S/C37H59N5O12/c1-10-14-23(2)52-29(45)18-17-28(44)40-26(19-20-38-34(49)53-36(4,5)6)31(46)42-30(24(3)43)32(47)41-27(21-39-35(50)54-37(7,8)9)33(48)51-22-25-15-12-11-13-16-25/h11-13,15-16,23-24,26-27,30,43H,10,14,17-22H2,1-9H3,(H,38,49)(H,39,50)(H,40,44)(H,41,47)(H,42,46)/t23?,24?,26-,27-,30-/m0/s1. The number of aliphatic hydroxyl groups excluding tert-OH is 1. The molecular weight excluding hydrogens is 706 g/mol. The van der Waals surface area contributed by atoms with E-state index in [2.05, 4.69) is 26.6 Å². The van der Waals surface area contributed by atoms with Crippen LogP contribution in [-0.4, -0.2) is 102 Å². The minimum Gasteiger partial charge on any atom is -0.463 e. The second-order valence-corrected chi connectivity index (χ2v) is 14.7. The van der Waals surface area contributed by atoms with Crippen LogP contribution in [0.25, 0.3) is 0 Å². The van der Waals surface area contributed by atoms with E-state index in [1.54, 1.807) is 78.8 Å². The van der Waals surface area contributed by atoms with Gasteiger partial charge in [-0.05, 0) is 73.8 Å². The van der Waals surface area contributed by atoms with Gasteiger partial charge in [0.25, 0.3) is 0 Å². The van der Waals surface area contributed by atoms with E-state index in [0.717, 1.165) is 6.42 Å². The Morgan fingerprint density at radius 1 is 0.741 bits per heavy atom. The zero-order valence-corrected chi connectivity index (χ0v) is 32.9. The van der Waals surface area contributed by atoms with Crippen molar-refractivity contribution in [2.75, 3.05) is 13.1 Å². The number of alkyl carbamates (subject to hydrolysis) is 2. The number of carbonyl (C=O) groups is 7. The van der Waals surface area contributed by atoms with Gasteiger partial charge in [-0.1, -0.05) is 43.7 Å². The van der Waals surface area contributed by atoms with Crippen molar-refractivity contribution in [1.82, 2.24) is 26.6 Å². The lowest BCUT2D eigenvalue weighted by Crippen LogP contribution is -2.60. The summed E-state index contributed by atoms with van der Waals surface area (Å²) < 4.78 is 21.1. The second-order valence-electron chi connectivity index (χ2n) is 14.7. The van der Waals surface area contributed by atoms with Crippen LogP contribution in [0, 0.1) is 0 Å². The van der Waals surface area contributed by atoms with Crippen molar-refractivity contribution in [2.45, 2.75) is 143 Å². The highest BCUT2D eigenvalue weighted by atomic mass is 16.6. The average molecular weight is 766 g/mol. The highest BCUT2D eigenvalue weighted by Gasteiger charge is 2.33. The minimum absolute atomic E-state index is 0.150. The summed E-state index contributed by atoms with van der Waals surface area (Å²) in [5.41, 5.74) is -1.00. The van der Waals surface area contributed by atoms with Crippen LogP contribution in [0.3, 0.4) is 0 Å². The van der Waals surface area contributed by atoms with Gasteiger partial charge in [0.15, 0.2) is 0 Å². The highest BCUT2D eigenvalue weighted by molar-refractivity contribution is 5.94. The predicted molar refractivity (Wildman–Crippen MR) is 196 cm³/mol. The van der Waals surface area contributed by atoms with Crippen LogP contribution >= 0.6 is 0 Å². The molecule has 17 nitrogen and oxygen atoms in total. The van der Waals surface area contributed by atoms with E-state index >= 15 is 0 Å². The molecule has 1 rings (SSSR count). The number of benzene rings is 1. The van der Waals surface area contributed by atoms with Gasteiger partial charge in [0.05, 0.1) is 25.2 Å². The first-order chi connectivity index (χ1) is 25.1. The maximum Gasteiger partial charge on any atom is 0.407 e. The predicted octanol–water partition coefficient (Wildman–Crippen LogP) is 2.52. The lowest BCUT2D eigenvalue weighted by Gasteiger charge is -2.27. The summed E-state index contributed by atoms with van der Waals surface area (Å²) >= 11 is 0. The summed E-state index contributed by atoms with van der Waals surface area (Å²) in [5, 5.41) is 22.7. The maximum absolute atomic E-state index is 13.6. The Morgan fingerprint density at radius 3 is 1.89 bits per heavy atom. The molecule has 0 saturated heterocycles. The number of aliphatic hydroxyl groups is 1. The van der Waals surface area contributed by atoms with Crippen LogP contribution in [0.1, 0.15) is 100.0 Å². The number of esters is 2. The van der Waals surface area contributed by atoms with E-state index in [1.807, 2.05) is 6.92 Å².